The van der Waals surface area contributed by atoms with E-state index in [1.54, 1.807) is 0 Å². The van der Waals surface area contributed by atoms with Crippen LogP contribution in [0.1, 0.15) is 12.1 Å². The van der Waals surface area contributed by atoms with E-state index < -0.39 is 0 Å². The van der Waals surface area contributed by atoms with Crippen molar-refractivity contribution in [2.75, 3.05) is 6.54 Å². The largest absolute Gasteiger partial charge is 0.330 e. The molecule has 0 atom stereocenters. The maximum Gasteiger partial charge on any atom is 0.107 e. The number of aromatic nitrogens is 2. The summed E-state index contributed by atoms with van der Waals surface area (Å²) < 4.78 is 3.08. The number of aryl methyl sites for hydroxylation is 2. The molecule has 1 aromatic carbocycles. The Kier molecular flexibility index (Phi) is 3.07. The van der Waals surface area contributed by atoms with Gasteiger partial charge in [0, 0.05) is 22.1 Å². The third-order valence-corrected chi connectivity index (χ3v) is 3.20. The average Bonchev–Trinajstić information content (AvgIpc) is 2.55. The Labute approximate surface area is 97.4 Å². The van der Waals surface area contributed by atoms with E-state index in [2.05, 4.69) is 34.0 Å². The second-order valence-corrected chi connectivity index (χ2v) is 4.44. The Morgan fingerprint density at radius 2 is 2.27 bits per heavy atom. The summed E-state index contributed by atoms with van der Waals surface area (Å²) >= 11 is 3.51. The van der Waals surface area contributed by atoms with E-state index in [9.17, 15) is 0 Å². The lowest BCUT2D eigenvalue weighted by Crippen LogP contribution is -2.07. The molecule has 0 spiro atoms. The summed E-state index contributed by atoms with van der Waals surface area (Å²) in [5.74, 6) is 0. The fraction of sp³-hybridized carbons (Fsp3) is 0.364. The first-order valence-corrected chi connectivity index (χ1v) is 5.85. The highest BCUT2D eigenvalue weighted by Gasteiger charge is 2.08. The monoisotopic (exact) mass is 267 g/mol. The fourth-order valence-corrected chi connectivity index (χ4v) is 2.15. The highest BCUT2D eigenvalue weighted by atomic mass is 79.9. The van der Waals surface area contributed by atoms with Gasteiger partial charge in [0.15, 0.2) is 0 Å². The van der Waals surface area contributed by atoms with E-state index in [1.807, 2.05) is 16.8 Å². The molecule has 0 saturated heterocycles. The van der Waals surface area contributed by atoms with Crippen molar-refractivity contribution in [3.63, 3.8) is 0 Å². The van der Waals surface area contributed by atoms with Crippen molar-refractivity contribution in [1.82, 2.24) is 9.78 Å². The van der Waals surface area contributed by atoms with Gasteiger partial charge in [0.1, 0.15) is 5.52 Å². The Hall–Kier alpha value is -0.870. The van der Waals surface area contributed by atoms with Crippen molar-refractivity contribution in [2.24, 2.45) is 5.73 Å². The van der Waals surface area contributed by atoms with Crippen LogP contribution in [0.2, 0.25) is 0 Å². The van der Waals surface area contributed by atoms with Gasteiger partial charge in [-0.1, -0.05) is 12.1 Å². The van der Waals surface area contributed by atoms with Gasteiger partial charge in [-0.05, 0) is 41.9 Å². The smallest absolute Gasteiger partial charge is 0.107 e. The van der Waals surface area contributed by atoms with Crippen molar-refractivity contribution in [2.45, 2.75) is 19.9 Å². The van der Waals surface area contributed by atoms with Crippen LogP contribution in [0.3, 0.4) is 0 Å². The molecule has 0 amide bonds. The third kappa shape index (κ3) is 1.92. The summed E-state index contributed by atoms with van der Waals surface area (Å²) in [5.41, 5.74) is 7.74. The van der Waals surface area contributed by atoms with Gasteiger partial charge < -0.3 is 5.73 Å². The molecule has 0 fully saturated rings. The van der Waals surface area contributed by atoms with Crippen molar-refractivity contribution >= 4 is 26.8 Å². The van der Waals surface area contributed by atoms with Crippen LogP contribution in [-0.4, -0.2) is 16.3 Å². The number of benzene rings is 1. The molecule has 0 radical (unpaired) electrons. The summed E-state index contributed by atoms with van der Waals surface area (Å²) in [7, 11) is 0. The third-order valence-electron chi connectivity index (χ3n) is 2.56. The minimum atomic E-state index is 0.705. The average molecular weight is 268 g/mol. The van der Waals surface area contributed by atoms with Gasteiger partial charge in [0.2, 0.25) is 0 Å². The zero-order valence-electron chi connectivity index (χ0n) is 8.70. The van der Waals surface area contributed by atoms with Crippen LogP contribution in [0.15, 0.2) is 22.7 Å². The molecule has 2 rings (SSSR count). The Bertz CT molecular complexity index is 476. The molecule has 3 nitrogen and oxygen atoms in total. The Morgan fingerprint density at radius 1 is 1.47 bits per heavy atom. The van der Waals surface area contributed by atoms with Gasteiger partial charge in [-0.25, -0.2) is 0 Å². The number of rotatable bonds is 3. The van der Waals surface area contributed by atoms with Crippen molar-refractivity contribution < 1.29 is 0 Å². The van der Waals surface area contributed by atoms with Gasteiger partial charge in [0.25, 0.3) is 0 Å². The summed E-state index contributed by atoms with van der Waals surface area (Å²) in [6.07, 6.45) is 0.965. The van der Waals surface area contributed by atoms with E-state index in [1.165, 1.54) is 11.1 Å². The summed E-state index contributed by atoms with van der Waals surface area (Å²) in [5, 5.41) is 5.77. The van der Waals surface area contributed by atoms with Gasteiger partial charge >= 0.3 is 0 Å². The number of nitrogens with zero attached hydrogens (tertiary/aromatic N) is 2. The summed E-state index contributed by atoms with van der Waals surface area (Å²) in [4.78, 5) is 0. The van der Waals surface area contributed by atoms with Crippen molar-refractivity contribution in [1.29, 1.82) is 0 Å². The molecular weight excluding hydrogens is 254 g/mol. The second kappa shape index (κ2) is 4.33. The van der Waals surface area contributed by atoms with Crippen LogP contribution in [0.4, 0.5) is 0 Å². The van der Waals surface area contributed by atoms with Crippen LogP contribution in [0.25, 0.3) is 10.9 Å². The molecule has 0 unspecified atom stereocenters. The minimum absolute atomic E-state index is 0.705. The minimum Gasteiger partial charge on any atom is -0.330 e. The predicted octanol–water partition coefficient (Wildman–Crippen LogP) is 2.46. The molecule has 4 heteroatoms. The molecule has 2 N–H and O–H groups in total. The quantitative estimate of drug-likeness (QED) is 0.929. The SMILES string of the molecule is Cc1c2cccc(Br)c2nn1CCCN. The highest BCUT2D eigenvalue weighted by molar-refractivity contribution is 9.10. The molecule has 0 saturated carbocycles. The lowest BCUT2D eigenvalue weighted by Gasteiger charge is -2.01. The predicted molar refractivity (Wildman–Crippen MR) is 65.8 cm³/mol. The standard InChI is InChI=1S/C11H14BrN3/c1-8-9-4-2-5-10(12)11(9)14-15(8)7-3-6-13/h2,4-5H,3,6-7,13H2,1H3. The summed E-state index contributed by atoms with van der Waals surface area (Å²) in [6, 6.07) is 6.15. The second-order valence-electron chi connectivity index (χ2n) is 3.59. The zero-order valence-corrected chi connectivity index (χ0v) is 10.3. The molecule has 0 aliphatic heterocycles. The van der Waals surface area contributed by atoms with Crippen molar-refractivity contribution in [3.05, 3.63) is 28.4 Å². The molecule has 80 valence electrons. The van der Waals surface area contributed by atoms with Crippen LogP contribution >= 0.6 is 15.9 Å². The first-order valence-electron chi connectivity index (χ1n) is 5.05. The van der Waals surface area contributed by atoms with Crippen LogP contribution in [0.5, 0.6) is 0 Å². The first-order chi connectivity index (χ1) is 7.24. The fourth-order valence-electron chi connectivity index (χ4n) is 1.70. The topological polar surface area (TPSA) is 43.8 Å². The van der Waals surface area contributed by atoms with Crippen molar-refractivity contribution in [3.8, 4) is 0 Å². The lowest BCUT2D eigenvalue weighted by molar-refractivity contribution is 0.576. The van der Waals surface area contributed by atoms with Gasteiger partial charge in [-0.15, -0.1) is 0 Å². The maximum absolute atomic E-state index is 5.50. The number of nitrogens with two attached hydrogens (primary N) is 1. The van der Waals surface area contributed by atoms with Gasteiger partial charge in [0.05, 0.1) is 0 Å². The Balaban J connectivity index is 2.49. The van der Waals surface area contributed by atoms with Crippen LogP contribution < -0.4 is 5.73 Å². The number of hydrogen-bond acceptors (Lipinski definition) is 2. The van der Waals surface area contributed by atoms with E-state index in [0.29, 0.717) is 6.54 Å². The normalized spacial score (nSPS) is 11.1. The molecule has 1 heterocycles. The molecular formula is C11H14BrN3. The molecule has 0 bridgehead atoms. The molecule has 0 aliphatic rings. The Morgan fingerprint density at radius 3 is 2.93 bits per heavy atom. The molecule has 2 aromatic rings. The van der Waals surface area contributed by atoms with E-state index in [0.717, 1.165) is 23.0 Å². The highest BCUT2D eigenvalue weighted by Crippen LogP contribution is 2.25. The number of fused-ring (bicyclic) bond motifs is 1. The van der Waals surface area contributed by atoms with Gasteiger partial charge in [-0.2, -0.15) is 5.10 Å². The maximum atomic E-state index is 5.50. The molecule has 0 aliphatic carbocycles. The van der Waals surface area contributed by atoms with E-state index >= 15 is 0 Å². The van der Waals surface area contributed by atoms with E-state index in [-0.39, 0.29) is 0 Å². The first kappa shape index (κ1) is 10.6. The zero-order chi connectivity index (χ0) is 10.8. The van der Waals surface area contributed by atoms with Crippen LogP contribution in [-0.2, 0) is 6.54 Å². The van der Waals surface area contributed by atoms with Gasteiger partial charge in [-0.3, -0.25) is 4.68 Å². The lowest BCUT2D eigenvalue weighted by atomic mass is 10.2. The number of hydrogen-bond donors (Lipinski definition) is 1. The molecule has 15 heavy (non-hydrogen) atoms. The molecule has 1 aromatic heterocycles. The van der Waals surface area contributed by atoms with Crippen LogP contribution in [0, 0.1) is 6.92 Å². The number of halogens is 1. The van der Waals surface area contributed by atoms with E-state index in [4.69, 9.17) is 5.73 Å². The summed E-state index contributed by atoms with van der Waals surface area (Å²) in [6.45, 7) is 3.69.